The van der Waals surface area contributed by atoms with Crippen LogP contribution in [0.25, 0.3) is 10.2 Å². The Hall–Kier alpha value is -1.24. The Bertz CT molecular complexity index is 662. The molecule has 0 bridgehead atoms. The molecule has 0 saturated carbocycles. The maximum absolute atomic E-state index is 12.4. The summed E-state index contributed by atoms with van der Waals surface area (Å²) >= 11 is 1.61. The van der Waals surface area contributed by atoms with E-state index in [1.807, 2.05) is 0 Å². The molecule has 1 aliphatic rings. The first-order chi connectivity index (χ1) is 9.20. The molecule has 0 spiro atoms. The largest absolute Gasteiger partial charge is 0.394 e. The van der Waals surface area contributed by atoms with Gasteiger partial charge in [0.05, 0.1) is 31.0 Å². The van der Waals surface area contributed by atoms with E-state index in [4.69, 9.17) is 5.11 Å². The van der Waals surface area contributed by atoms with Crippen LogP contribution >= 0.6 is 11.3 Å². The zero-order valence-electron chi connectivity index (χ0n) is 10.5. The lowest BCUT2D eigenvalue weighted by atomic mass is 9.97. The summed E-state index contributed by atoms with van der Waals surface area (Å²) in [6.45, 7) is -0.269. The summed E-state index contributed by atoms with van der Waals surface area (Å²) in [6, 6.07) is 0. The van der Waals surface area contributed by atoms with Gasteiger partial charge in [-0.3, -0.25) is 9.36 Å². The minimum absolute atomic E-state index is 0.0862. The molecule has 0 aliphatic heterocycles. The van der Waals surface area contributed by atoms with Crippen molar-refractivity contribution in [2.75, 3.05) is 6.61 Å². The van der Waals surface area contributed by atoms with Gasteiger partial charge in [0, 0.05) is 4.88 Å². The van der Waals surface area contributed by atoms with Gasteiger partial charge in [0.1, 0.15) is 4.83 Å². The number of thiophene rings is 1. The van der Waals surface area contributed by atoms with Gasteiger partial charge in [0.25, 0.3) is 5.56 Å². The fraction of sp³-hybridized carbons (Fsp3) is 0.538. The van der Waals surface area contributed by atoms with Crippen LogP contribution in [-0.4, -0.2) is 32.5 Å². The standard InChI is InChI=1S/C13H16N2O3S/c16-6-8(17)5-15-7-14-12-11(13(15)18)9-3-1-2-4-10(9)19-12/h7-8,16-17H,1-6H2/t8-/m0/s1. The molecule has 2 aromatic rings. The number of aliphatic hydroxyl groups excluding tert-OH is 2. The highest BCUT2D eigenvalue weighted by Crippen LogP contribution is 2.33. The Balaban J connectivity index is 2.13. The Morgan fingerprint density at radius 3 is 3.00 bits per heavy atom. The van der Waals surface area contributed by atoms with Gasteiger partial charge in [-0.1, -0.05) is 0 Å². The molecule has 1 atom stereocenters. The molecule has 0 unspecified atom stereocenters. The quantitative estimate of drug-likeness (QED) is 0.867. The van der Waals surface area contributed by atoms with Crippen LogP contribution in [0.5, 0.6) is 0 Å². The number of rotatable bonds is 3. The molecule has 102 valence electrons. The summed E-state index contributed by atoms with van der Waals surface area (Å²) in [5.74, 6) is 0. The van der Waals surface area contributed by atoms with E-state index in [0.717, 1.165) is 29.7 Å². The Morgan fingerprint density at radius 2 is 2.21 bits per heavy atom. The monoisotopic (exact) mass is 280 g/mol. The average Bonchev–Trinajstić information content (AvgIpc) is 2.81. The number of aromatic nitrogens is 2. The topological polar surface area (TPSA) is 75.4 Å². The highest BCUT2D eigenvalue weighted by atomic mass is 32.1. The van der Waals surface area contributed by atoms with Crippen LogP contribution < -0.4 is 5.56 Å². The van der Waals surface area contributed by atoms with E-state index in [1.165, 1.54) is 22.2 Å². The average molecular weight is 280 g/mol. The number of nitrogens with zero attached hydrogens (tertiary/aromatic N) is 2. The Kier molecular flexibility index (Phi) is 3.38. The van der Waals surface area contributed by atoms with Crippen molar-refractivity contribution in [3.8, 4) is 0 Å². The van der Waals surface area contributed by atoms with Gasteiger partial charge in [-0.25, -0.2) is 4.98 Å². The first kappa shape index (κ1) is 12.8. The summed E-state index contributed by atoms with van der Waals surface area (Å²) in [5.41, 5.74) is 1.05. The van der Waals surface area contributed by atoms with E-state index < -0.39 is 6.10 Å². The van der Waals surface area contributed by atoms with Crippen LogP contribution in [-0.2, 0) is 19.4 Å². The van der Waals surface area contributed by atoms with Gasteiger partial charge in [-0.05, 0) is 31.2 Å². The van der Waals surface area contributed by atoms with Crippen LogP contribution in [0.4, 0.5) is 0 Å². The van der Waals surface area contributed by atoms with Crippen molar-refractivity contribution in [2.45, 2.75) is 38.3 Å². The summed E-state index contributed by atoms with van der Waals surface area (Å²) in [7, 11) is 0. The summed E-state index contributed by atoms with van der Waals surface area (Å²) < 4.78 is 1.39. The maximum Gasteiger partial charge on any atom is 0.262 e. The number of aryl methyl sites for hydroxylation is 2. The van der Waals surface area contributed by atoms with Gasteiger partial charge in [0.2, 0.25) is 0 Å². The van der Waals surface area contributed by atoms with Gasteiger partial charge < -0.3 is 10.2 Å². The van der Waals surface area contributed by atoms with Crippen LogP contribution in [0.15, 0.2) is 11.1 Å². The molecule has 2 heterocycles. The molecule has 0 saturated heterocycles. The maximum atomic E-state index is 12.4. The second-order valence-corrected chi connectivity index (χ2v) is 6.01. The molecule has 2 aromatic heterocycles. The number of fused-ring (bicyclic) bond motifs is 3. The van der Waals surface area contributed by atoms with Gasteiger partial charge >= 0.3 is 0 Å². The van der Waals surface area contributed by atoms with Crippen molar-refractivity contribution in [3.63, 3.8) is 0 Å². The minimum atomic E-state index is -0.925. The van der Waals surface area contributed by atoms with E-state index in [2.05, 4.69) is 4.98 Å². The zero-order chi connectivity index (χ0) is 13.4. The van der Waals surface area contributed by atoms with E-state index in [0.29, 0.717) is 5.39 Å². The lowest BCUT2D eigenvalue weighted by Crippen LogP contribution is -2.29. The molecule has 3 rings (SSSR count). The summed E-state index contributed by atoms with van der Waals surface area (Å²) in [5, 5.41) is 19.0. The van der Waals surface area contributed by atoms with E-state index >= 15 is 0 Å². The lowest BCUT2D eigenvalue weighted by molar-refractivity contribution is 0.0803. The minimum Gasteiger partial charge on any atom is -0.394 e. The fourth-order valence-corrected chi connectivity index (χ4v) is 3.82. The Morgan fingerprint density at radius 1 is 1.42 bits per heavy atom. The first-order valence-corrected chi connectivity index (χ1v) is 7.31. The van der Waals surface area contributed by atoms with Crippen molar-refractivity contribution in [1.29, 1.82) is 0 Å². The predicted molar refractivity (Wildman–Crippen MR) is 73.6 cm³/mol. The molecular weight excluding hydrogens is 264 g/mol. The molecule has 5 nitrogen and oxygen atoms in total. The third-order valence-corrected chi connectivity index (χ3v) is 4.76. The first-order valence-electron chi connectivity index (χ1n) is 6.49. The van der Waals surface area contributed by atoms with Crippen molar-refractivity contribution in [2.24, 2.45) is 0 Å². The Labute approximate surface area is 114 Å². The van der Waals surface area contributed by atoms with Crippen LogP contribution in [0.1, 0.15) is 23.3 Å². The molecule has 19 heavy (non-hydrogen) atoms. The third-order valence-electron chi connectivity index (χ3n) is 3.56. The highest BCUT2D eigenvalue weighted by molar-refractivity contribution is 7.18. The second-order valence-electron chi connectivity index (χ2n) is 4.93. The highest BCUT2D eigenvalue weighted by Gasteiger charge is 2.20. The SMILES string of the molecule is O=c1c2c3c(sc2ncn1C[C@H](O)CO)CCCC3. The van der Waals surface area contributed by atoms with Crippen molar-refractivity contribution >= 4 is 21.6 Å². The van der Waals surface area contributed by atoms with Gasteiger partial charge in [-0.15, -0.1) is 11.3 Å². The van der Waals surface area contributed by atoms with Crippen molar-refractivity contribution in [3.05, 3.63) is 27.1 Å². The lowest BCUT2D eigenvalue weighted by Gasteiger charge is -2.11. The molecule has 0 fully saturated rings. The molecule has 0 aromatic carbocycles. The van der Waals surface area contributed by atoms with Gasteiger partial charge in [-0.2, -0.15) is 0 Å². The summed E-state index contributed by atoms with van der Waals surface area (Å²) in [6.07, 6.45) is 4.81. The van der Waals surface area contributed by atoms with Gasteiger partial charge in [0.15, 0.2) is 0 Å². The normalized spacial score (nSPS) is 16.5. The number of hydrogen-bond acceptors (Lipinski definition) is 5. The zero-order valence-corrected chi connectivity index (χ0v) is 11.3. The molecule has 0 amide bonds. The molecule has 0 radical (unpaired) electrons. The molecule has 1 aliphatic carbocycles. The predicted octanol–water partition coefficient (Wildman–Crippen LogP) is 0.690. The van der Waals surface area contributed by atoms with E-state index in [9.17, 15) is 9.90 Å². The van der Waals surface area contributed by atoms with Crippen molar-refractivity contribution in [1.82, 2.24) is 9.55 Å². The number of aliphatic hydroxyl groups is 2. The number of hydrogen-bond donors (Lipinski definition) is 2. The molecule has 2 N–H and O–H groups in total. The van der Waals surface area contributed by atoms with Crippen LogP contribution in [0.3, 0.4) is 0 Å². The molecule has 6 heteroatoms. The van der Waals surface area contributed by atoms with Crippen LogP contribution in [0.2, 0.25) is 0 Å². The van der Waals surface area contributed by atoms with Crippen molar-refractivity contribution < 1.29 is 10.2 Å². The smallest absolute Gasteiger partial charge is 0.262 e. The summed E-state index contributed by atoms with van der Waals surface area (Å²) in [4.78, 5) is 18.9. The van der Waals surface area contributed by atoms with E-state index in [1.54, 1.807) is 11.3 Å². The second kappa shape index (κ2) is 5.03. The van der Waals surface area contributed by atoms with E-state index in [-0.39, 0.29) is 18.7 Å². The van der Waals surface area contributed by atoms with Crippen LogP contribution in [0, 0.1) is 0 Å². The fourth-order valence-electron chi connectivity index (χ4n) is 2.60. The molecular formula is C13H16N2O3S. The third kappa shape index (κ3) is 2.20.